The SMILES string of the molecule is CC1(C)c2cc3c(cc2-c2cc4c(cc21)-c1c(cc(-c2cccc5c2[Si](C)(C)c2ccccc2-5)c2ccccc12)C4(C)C)C(C)(C)c1cc(-c2cccc4c2[Si](C)(C)c2ccccc2-4)c2ccccc2c1-3. The molecule has 0 unspecified atom stereocenters. The summed E-state index contributed by atoms with van der Waals surface area (Å²) in [7, 11) is -3.95. The average Bonchev–Trinajstić information content (AvgIpc) is 4.01. The molecule has 3 aliphatic carbocycles. The highest BCUT2D eigenvalue weighted by Crippen LogP contribution is 2.62. The molecule has 342 valence electrons. The lowest BCUT2D eigenvalue weighted by Crippen LogP contribution is -2.50. The third kappa shape index (κ3) is 5.01. The molecule has 15 rings (SSSR count). The van der Waals surface area contributed by atoms with Gasteiger partial charge in [0, 0.05) is 16.2 Å². The maximum atomic E-state index is 2.63. The molecule has 2 heterocycles. The summed E-state index contributed by atoms with van der Waals surface area (Å²) in [5.41, 5.74) is 27.9. The highest BCUT2D eigenvalue weighted by atomic mass is 28.3. The maximum Gasteiger partial charge on any atom is 0.114 e. The van der Waals surface area contributed by atoms with E-state index in [2.05, 4.69) is 238 Å². The molecular weight excluding hydrogens is 885 g/mol. The third-order valence-electron chi connectivity index (χ3n) is 19.0. The van der Waals surface area contributed by atoms with E-state index in [-0.39, 0.29) is 16.2 Å². The lowest BCUT2D eigenvalue weighted by atomic mass is 9.78. The topological polar surface area (TPSA) is 0 Å². The first-order chi connectivity index (χ1) is 34.0. The fourth-order valence-electron chi connectivity index (χ4n) is 15.5. The summed E-state index contributed by atoms with van der Waals surface area (Å²) in [6.07, 6.45) is 0. The van der Waals surface area contributed by atoms with E-state index in [0.29, 0.717) is 0 Å². The second-order valence-corrected chi connectivity index (χ2v) is 32.9. The molecule has 0 bridgehead atoms. The van der Waals surface area contributed by atoms with Crippen LogP contribution in [0.15, 0.2) is 170 Å². The predicted molar refractivity (Wildman–Crippen MR) is 309 cm³/mol. The lowest BCUT2D eigenvalue weighted by Gasteiger charge is -2.26. The molecule has 0 radical (unpaired) electrons. The summed E-state index contributed by atoms with van der Waals surface area (Å²) in [4.78, 5) is 0. The lowest BCUT2D eigenvalue weighted by molar-refractivity contribution is 0.649. The molecule has 10 aromatic rings. The van der Waals surface area contributed by atoms with Crippen LogP contribution in [0.1, 0.15) is 74.9 Å². The predicted octanol–water partition coefficient (Wildman–Crippen LogP) is 15.9. The number of benzene rings is 10. The van der Waals surface area contributed by atoms with Gasteiger partial charge in [-0.25, -0.2) is 0 Å². The van der Waals surface area contributed by atoms with Crippen molar-refractivity contribution in [1.29, 1.82) is 0 Å². The van der Waals surface area contributed by atoms with Crippen molar-refractivity contribution in [3.8, 4) is 77.9 Å². The molecule has 0 atom stereocenters. The molecule has 71 heavy (non-hydrogen) atoms. The van der Waals surface area contributed by atoms with E-state index >= 15 is 0 Å². The van der Waals surface area contributed by atoms with Crippen LogP contribution in [0.25, 0.3) is 99.4 Å². The normalized spacial score (nSPS) is 17.4. The molecule has 5 aliphatic rings. The second kappa shape index (κ2) is 13.4. The number of hydrogen-bond acceptors (Lipinski definition) is 0. The van der Waals surface area contributed by atoms with Gasteiger partial charge in [0.1, 0.15) is 16.1 Å². The fourth-order valence-corrected chi connectivity index (χ4v) is 22.4. The van der Waals surface area contributed by atoms with E-state index in [1.807, 2.05) is 0 Å². The minimum Gasteiger partial charge on any atom is -0.0623 e. The summed E-state index contributed by atoms with van der Waals surface area (Å²) in [5, 5.41) is 11.7. The molecule has 0 saturated heterocycles. The van der Waals surface area contributed by atoms with Crippen LogP contribution in [0, 0.1) is 0 Å². The van der Waals surface area contributed by atoms with Gasteiger partial charge in [0.15, 0.2) is 0 Å². The average molecular weight is 943 g/mol. The van der Waals surface area contributed by atoms with Crippen LogP contribution >= 0.6 is 0 Å². The van der Waals surface area contributed by atoms with E-state index in [4.69, 9.17) is 0 Å². The monoisotopic (exact) mass is 942 g/mol. The van der Waals surface area contributed by atoms with Crippen LogP contribution in [-0.2, 0) is 16.2 Å². The minimum atomic E-state index is -1.97. The van der Waals surface area contributed by atoms with Gasteiger partial charge < -0.3 is 0 Å². The smallest absolute Gasteiger partial charge is 0.0623 e. The fraction of sp³-hybridized carbons (Fsp3) is 0.188. The van der Waals surface area contributed by atoms with Gasteiger partial charge in [0.25, 0.3) is 0 Å². The highest BCUT2D eigenvalue weighted by Gasteiger charge is 2.47. The van der Waals surface area contributed by atoms with Gasteiger partial charge in [-0.05, 0) is 190 Å². The van der Waals surface area contributed by atoms with Gasteiger partial charge in [0.05, 0.1) is 0 Å². The molecule has 10 aromatic carbocycles. The zero-order valence-electron chi connectivity index (χ0n) is 42.7. The number of fused-ring (bicyclic) bond motifs is 19. The Hall–Kier alpha value is -6.85. The maximum absolute atomic E-state index is 2.63. The zero-order valence-corrected chi connectivity index (χ0v) is 44.7. The molecule has 0 spiro atoms. The molecule has 2 aliphatic heterocycles. The first-order valence-corrected chi connectivity index (χ1v) is 32.0. The Morgan fingerprint density at radius 2 is 0.535 bits per heavy atom. The summed E-state index contributed by atoms with van der Waals surface area (Å²) in [6, 6.07) is 67.0. The van der Waals surface area contributed by atoms with Crippen molar-refractivity contribution in [2.45, 2.75) is 84.0 Å². The van der Waals surface area contributed by atoms with Gasteiger partial charge in [-0.15, -0.1) is 0 Å². The van der Waals surface area contributed by atoms with Gasteiger partial charge >= 0.3 is 0 Å². The van der Waals surface area contributed by atoms with E-state index in [0.717, 1.165) is 0 Å². The Bertz CT molecular complexity index is 3870. The second-order valence-electron chi connectivity index (χ2n) is 24.3. The van der Waals surface area contributed by atoms with Crippen molar-refractivity contribution >= 4 is 58.4 Å². The third-order valence-corrected chi connectivity index (χ3v) is 26.2. The van der Waals surface area contributed by atoms with Crippen molar-refractivity contribution in [3.05, 3.63) is 203 Å². The van der Waals surface area contributed by atoms with Crippen molar-refractivity contribution in [3.63, 3.8) is 0 Å². The summed E-state index contributed by atoms with van der Waals surface area (Å²) < 4.78 is 0. The molecule has 0 nitrogen and oxygen atoms in total. The van der Waals surface area contributed by atoms with Crippen LogP contribution in [0.2, 0.25) is 26.2 Å². The van der Waals surface area contributed by atoms with Crippen LogP contribution in [0.5, 0.6) is 0 Å². The quantitative estimate of drug-likeness (QED) is 0.152. The molecule has 0 aromatic heterocycles. The summed E-state index contributed by atoms with van der Waals surface area (Å²) >= 11 is 0. The van der Waals surface area contributed by atoms with E-state index in [1.165, 1.54) is 133 Å². The van der Waals surface area contributed by atoms with Crippen LogP contribution in [0.4, 0.5) is 0 Å². The van der Waals surface area contributed by atoms with E-state index < -0.39 is 16.1 Å². The Balaban J connectivity index is 0.900. The van der Waals surface area contributed by atoms with Gasteiger partial charge in [0.2, 0.25) is 0 Å². The zero-order chi connectivity index (χ0) is 48.5. The van der Waals surface area contributed by atoms with Crippen LogP contribution < -0.4 is 20.7 Å². The van der Waals surface area contributed by atoms with Crippen LogP contribution in [-0.4, -0.2) is 16.1 Å². The van der Waals surface area contributed by atoms with E-state index in [1.54, 1.807) is 20.7 Å². The molecule has 0 fully saturated rings. The minimum absolute atomic E-state index is 0.189. The van der Waals surface area contributed by atoms with Crippen molar-refractivity contribution < 1.29 is 0 Å². The molecular formula is C69H58Si2. The largest absolute Gasteiger partial charge is 0.114 e. The number of hydrogen-bond donors (Lipinski definition) is 0. The Morgan fingerprint density at radius 3 is 0.944 bits per heavy atom. The van der Waals surface area contributed by atoms with E-state index in [9.17, 15) is 0 Å². The first-order valence-electron chi connectivity index (χ1n) is 26.0. The van der Waals surface area contributed by atoms with Gasteiger partial charge in [-0.2, -0.15) is 0 Å². The number of rotatable bonds is 2. The summed E-state index contributed by atoms with van der Waals surface area (Å²) in [6.45, 7) is 25.2. The Labute approximate surface area is 421 Å². The molecule has 0 N–H and O–H groups in total. The van der Waals surface area contributed by atoms with Crippen molar-refractivity contribution in [1.82, 2.24) is 0 Å². The summed E-state index contributed by atoms with van der Waals surface area (Å²) in [5.74, 6) is 0. The highest BCUT2D eigenvalue weighted by molar-refractivity contribution is 7.05. The van der Waals surface area contributed by atoms with Gasteiger partial charge in [-0.1, -0.05) is 201 Å². The molecule has 0 saturated carbocycles. The van der Waals surface area contributed by atoms with Crippen molar-refractivity contribution in [2.24, 2.45) is 0 Å². The van der Waals surface area contributed by atoms with Crippen LogP contribution in [0.3, 0.4) is 0 Å². The standard InChI is InChI=1S/C69H58Si2/c1-67(2)55-37-53-57(68(3,4)59-33-49(39-21-11-13-25-43(39)63(53)59)47-29-19-27-45-41-23-15-17-31-61(41)70(7,8)65(45)47)35-51(55)52-36-58-54(38-56(52)67)64-44-26-14-12-22-40(44)50(34-60(64)69(58,5)6)48-30-20-28-46-42-24-16-18-32-62(42)71(9,10)66(46)48/h11-38H,1-10H3. The van der Waals surface area contributed by atoms with Crippen molar-refractivity contribution in [2.75, 3.05) is 0 Å². The molecule has 0 amide bonds. The Kier molecular flexibility index (Phi) is 7.88. The Morgan fingerprint density at radius 1 is 0.254 bits per heavy atom. The molecule has 2 heteroatoms. The first kappa shape index (κ1) is 41.9. The van der Waals surface area contributed by atoms with Gasteiger partial charge in [-0.3, -0.25) is 0 Å².